The largest absolute Gasteiger partial charge is 0.393 e. The Bertz CT molecular complexity index is 357. The van der Waals surface area contributed by atoms with Crippen LogP contribution in [0.4, 0.5) is 0 Å². The van der Waals surface area contributed by atoms with E-state index >= 15 is 0 Å². The lowest BCUT2D eigenvalue weighted by molar-refractivity contribution is 0.125. The molecule has 0 aromatic heterocycles. The standard InChI is InChI=1S/C32H66O2/c1-4-7-9-10-11-12-15-18-21-24-28-34-29-25-22-19-16-13-14-17-20-23-27-32(33)30-31(6-3)26-8-5-2/h31-33H,4-30H2,1-3H3. The summed E-state index contributed by atoms with van der Waals surface area (Å²) in [6.45, 7) is 8.77. The summed E-state index contributed by atoms with van der Waals surface area (Å²) in [5.41, 5.74) is 0. The number of ether oxygens (including phenoxy) is 1. The number of unbranched alkanes of at least 4 members (excludes halogenated alkanes) is 18. The van der Waals surface area contributed by atoms with Gasteiger partial charge in [0.25, 0.3) is 0 Å². The summed E-state index contributed by atoms with van der Waals surface area (Å²) in [7, 11) is 0. The van der Waals surface area contributed by atoms with Crippen molar-refractivity contribution < 1.29 is 9.84 Å². The fourth-order valence-corrected chi connectivity index (χ4v) is 5.10. The summed E-state index contributed by atoms with van der Waals surface area (Å²) >= 11 is 0. The second-order valence-electron chi connectivity index (χ2n) is 11.1. The Morgan fingerprint density at radius 1 is 0.471 bits per heavy atom. The highest BCUT2D eigenvalue weighted by Crippen LogP contribution is 2.21. The summed E-state index contributed by atoms with van der Waals surface area (Å²) in [6, 6.07) is 0. The van der Waals surface area contributed by atoms with E-state index in [0.717, 1.165) is 32.0 Å². The normalized spacial score (nSPS) is 13.4. The number of aliphatic hydroxyl groups excluding tert-OH is 1. The molecule has 34 heavy (non-hydrogen) atoms. The Balaban J connectivity index is 3.19. The summed E-state index contributed by atoms with van der Waals surface area (Å²) < 4.78 is 5.83. The van der Waals surface area contributed by atoms with Crippen LogP contribution in [0, 0.1) is 5.92 Å². The van der Waals surface area contributed by atoms with Gasteiger partial charge in [-0.1, -0.05) is 156 Å². The molecule has 0 radical (unpaired) electrons. The smallest absolute Gasteiger partial charge is 0.0542 e. The molecule has 0 saturated heterocycles. The Kier molecular flexibility index (Phi) is 29.1. The van der Waals surface area contributed by atoms with Crippen molar-refractivity contribution in [3.05, 3.63) is 0 Å². The highest BCUT2D eigenvalue weighted by atomic mass is 16.5. The molecule has 2 atom stereocenters. The van der Waals surface area contributed by atoms with Gasteiger partial charge in [0.1, 0.15) is 0 Å². The van der Waals surface area contributed by atoms with Gasteiger partial charge in [-0.3, -0.25) is 0 Å². The second-order valence-corrected chi connectivity index (χ2v) is 11.1. The van der Waals surface area contributed by atoms with Crippen LogP contribution in [0.15, 0.2) is 0 Å². The maximum absolute atomic E-state index is 10.3. The first-order chi connectivity index (χ1) is 16.7. The van der Waals surface area contributed by atoms with Gasteiger partial charge in [-0.2, -0.15) is 0 Å². The minimum Gasteiger partial charge on any atom is -0.393 e. The van der Waals surface area contributed by atoms with Gasteiger partial charge in [0.2, 0.25) is 0 Å². The van der Waals surface area contributed by atoms with E-state index in [4.69, 9.17) is 4.74 Å². The van der Waals surface area contributed by atoms with Gasteiger partial charge < -0.3 is 9.84 Å². The SMILES string of the molecule is CCCCCCCCCCCCOCCCCCCCCCCCC(O)CC(CC)CCCC. The minimum atomic E-state index is -0.0610. The third kappa shape index (κ3) is 26.5. The average molecular weight is 483 g/mol. The molecule has 0 aliphatic rings. The van der Waals surface area contributed by atoms with Gasteiger partial charge in [0.15, 0.2) is 0 Å². The Morgan fingerprint density at radius 2 is 0.882 bits per heavy atom. The zero-order valence-corrected chi connectivity index (χ0v) is 24.1. The average Bonchev–Trinajstić information content (AvgIpc) is 2.84. The molecule has 0 rings (SSSR count). The van der Waals surface area contributed by atoms with Gasteiger partial charge in [-0.25, -0.2) is 0 Å². The Hall–Kier alpha value is -0.0800. The third-order valence-electron chi connectivity index (χ3n) is 7.62. The van der Waals surface area contributed by atoms with Crippen molar-refractivity contribution in [3.63, 3.8) is 0 Å². The zero-order valence-electron chi connectivity index (χ0n) is 24.1. The fraction of sp³-hybridized carbons (Fsp3) is 1.00. The zero-order chi connectivity index (χ0) is 25.0. The molecule has 0 amide bonds. The van der Waals surface area contributed by atoms with Crippen LogP contribution in [0.1, 0.15) is 181 Å². The predicted molar refractivity (Wildman–Crippen MR) is 153 cm³/mol. The van der Waals surface area contributed by atoms with Gasteiger partial charge in [-0.15, -0.1) is 0 Å². The maximum atomic E-state index is 10.3. The first kappa shape index (κ1) is 33.9. The van der Waals surface area contributed by atoms with E-state index in [-0.39, 0.29) is 6.10 Å². The number of aliphatic hydroxyl groups is 1. The van der Waals surface area contributed by atoms with Crippen LogP contribution in [0.5, 0.6) is 0 Å². The summed E-state index contributed by atoms with van der Waals surface area (Å²) in [6.07, 6.45) is 33.0. The number of hydrogen-bond acceptors (Lipinski definition) is 2. The van der Waals surface area contributed by atoms with E-state index in [1.54, 1.807) is 0 Å². The second kappa shape index (κ2) is 29.2. The van der Waals surface area contributed by atoms with Crippen molar-refractivity contribution in [2.45, 2.75) is 187 Å². The van der Waals surface area contributed by atoms with Crippen molar-refractivity contribution in [2.75, 3.05) is 13.2 Å². The molecule has 0 aliphatic heterocycles. The molecule has 2 unspecified atom stereocenters. The molecule has 206 valence electrons. The molecule has 1 N–H and O–H groups in total. The van der Waals surface area contributed by atoms with Crippen LogP contribution >= 0.6 is 0 Å². The lowest BCUT2D eigenvalue weighted by atomic mass is 9.91. The number of rotatable bonds is 29. The first-order valence-corrected chi connectivity index (χ1v) is 16.0. The predicted octanol–water partition coefficient (Wildman–Crippen LogP) is 10.8. The van der Waals surface area contributed by atoms with Gasteiger partial charge in [0.05, 0.1) is 6.10 Å². The summed E-state index contributed by atoms with van der Waals surface area (Å²) in [4.78, 5) is 0. The summed E-state index contributed by atoms with van der Waals surface area (Å²) in [5.74, 6) is 0.736. The molecule has 0 aromatic carbocycles. The number of hydrogen-bond donors (Lipinski definition) is 1. The van der Waals surface area contributed by atoms with Gasteiger partial charge >= 0.3 is 0 Å². The molecule has 2 heteroatoms. The van der Waals surface area contributed by atoms with E-state index in [2.05, 4.69) is 20.8 Å². The first-order valence-electron chi connectivity index (χ1n) is 16.0. The molecule has 0 aliphatic carbocycles. The van der Waals surface area contributed by atoms with E-state index < -0.39 is 0 Å². The van der Waals surface area contributed by atoms with Crippen LogP contribution in [0.25, 0.3) is 0 Å². The molecular formula is C32H66O2. The van der Waals surface area contributed by atoms with Crippen LogP contribution in [0.2, 0.25) is 0 Å². The quantitative estimate of drug-likeness (QED) is 0.107. The third-order valence-corrected chi connectivity index (χ3v) is 7.62. The van der Waals surface area contributed by atoms with Crippen molar-refractivity contribution in [1.29, 1.82) is 0 Å². The van der Waals surface area contributed by atoms with Crippen LogP contribution < -0.4 is 0 Å². The lowest BCUT2D eigenvalue weighted by Gasteiger charge is -2.18. The fourth-order valence-electron chi connectivity index (χ4n) is 5.10. The minimum absolute atomic E-state index is 0.0610. The van der Waals surface area contributed by atoms with Gasteiger partial charge in [-0.05, 0) is 31.6 Å². The van der Waals surface area contributed by atoms with E-state index in [1.807, 2.05) is 0 Å². The van der Waals surface area contributed by atoms with Crippen molar-refractivity contribution >= 4 is 0 Å². The van der Waals surface area contributed by atoms with Crippen molar-refractivity contribution in [3.8, 4) is 0 Å². The van der Waals surface area contributed by atoms with Crippen molar-refractivity contribution in [1.82, 2.24) is 0 Å². The molecule has 0 bridgehead atoms. The maximum Gasteiger partial charge on any atom is 0.0542 e. The van der Waals surface area contributed by atoms with Gasteiger partial charge in [0, 0.05) is 13.2 Å². The Labute approximate surface area is 216 Å². The molecule has 2 nitrogen and oxygen atoms in total. The molecule has 0 heterocycles. The van der Waals surface area contributed by atoms with Crippen LogP contribution in [0.3, 0.4) is 0 Å². The highest BCUT2D eigenvalue weighted by molar-refractivity contribution is 4.65. The molecule has 0 spiro atoms. The molecule has 0 aromatic rings. The van der Waals surface area contributed by atoms with Crippen LogP contribution in [-0.4, -0.2) is 24.4 Å². The Morgan fingerprint density at radius 3 is 1.32 bits per heavy atom. The monoisotopic (exact) mass is 483 g/mol. The summed E-state index contributed by atoms with van der Waals surface area (Å²) in [5, 5.41) is 10.3. The van der Waals surface area contributed by atoms with E-state index in [0.29, 0.717) is 0 Å². The van der Waals surface area contributed by atoms with Crippen LogP contribution in [-0.2, 0) is 4.74 Å². The lowest BCUT2D eigenvalue weighted by Crippen LogP contribution is -2.13. The molecule has 0 fully saturated rings. The highest BCUT2D eigenvalue weighted by Gasteiger charge is 2.12. The van der Waals surface area contributed by atoms with E-state index in [1.165, 1.54) is 148 Å². The molecule has 0 saturated carbocycles. The van der Waals surface area contributed by atoms with E-state index in [9.17, 15) is 5.11 Å². The topological polar surface area (TPSA) is 29.5 Å². The molecular weight excluding hydrogens is 416 g/mol. The van der Waals surface area contributed by atoms with Crippen molar-refractivity contribution in [2.24, 2.45) is 5.92 Å².